The van der Waals surface area contributed by atoms with Crippen molar-refractivity contribution in [3.05, 3.63) is 101 Å². The lowest BCUT2D eigenvalue weighted by Gasteiger charge is -2.41. The standard InChI is InChI=1S/C21H25ClN2O3.C16H25NO2.ClH/c22-19-8-6-18(7-9-19)21(17-4-2-1-3-5-17)24-12-10-23(11-13-24)14-15-27-16-20(25)26;1-17(2)12-14-7-4-5-10-16(14,18)13-8-6-9-15(11-13)19-3;/h1-9,21H,10-16H2,(H,25,26);6,8-9,11,14,18H,4-5,7,10,12H2,1-3H3;1H/t21-;14-,16+;/m11./s1. The van der Waals surface area contributed by atoms with Gasteiger partial charge in [0, 0.05) is 50.2 Å². The Bertz CT molecular complexity index is 1340. The molecule has 1 saturated heterocycles. The molecule has 1 aliphatic carbocycles. The predicted octanol–water partition coefficient (Wildman–Crippen LogP) is 6.20. The molecular weight excluding hydrogens is 637 g/mol. The molecule has 2 N–H and O–H groups in total. The molecule has 0 bridgehead atoms. The summed E-state index contributed by atoms with van der Waals surface area (Å²) in [6.45, 7) is 5.67. The van der Waals surface area contributed by atoms with E-state index in [9.17, 15) is 9.90 Å². The highest BCUT2D eigenvalue weighted by Crippen LogP contribution is 2.42. The van der Waals surface area contributed by atoms with Crippen molar-refractivity contribution in [3.63, 3.8) is 0 Å². The molecule has 0 radical (unpaired) electrons. The van der Waals surface area contributed by atoms with Crippen molar-refractivity contribution >= 4 is 30.0 Å². The van der Waals surface area contributed by atoms with E-state index in [4.69, 9.17) is 26.2 Å². The number of carboxylic acids is 1. The molecule has 47 heavy (non-hydrogen) atoms. The van der Waals surface area contributed by atoms with E-state index in [1.807, 2.05) is 42.5 Å². The summed E-state index contributed by atoms with van der Waals surface area (Å²) in [4.78, 5) is 17.5. The van der Waals surface area contributed by atoms with E-state index < -0.39 is 11.6 Å². The summed E-state index contributed by atoms with van der Waals surface area (Å²) in [6, 6.07) is 26.7. The summed E-state index contributed by atoms with van der Waals surface area (Å²) in [7, 11) is 5.81. The normalized spacial score (nSPS) is 20.9. The summed E-state index contributed by atoms with van der Waals surface area (Å²) >= 11 is 6.08. The molecule has 2 fully saturated rings. The number of carboxylic acid groups (broad SMARTS) is 1. The minimum absolute atomic E-state index is 0. The lowest BCUT2D eigenvalue weighted by molar-refractivity contribution is -0.142. The zero-order chi connectivity index (χ0) is 32.9. The highest BCUT2D eigenvalue weighted by molar-refractivity contribution is 6.30. The fraction of sp³-hybridized carbons (Fsp3) is 0.486. The van der Waals surface area contributed by atoms with Crippen LogP contribution in [0.5, 0.6) is 5.75 Å². The van der Waals surface area contributed by atoms with E-state index in [-0.39, 0.29) is 25.1 Å². The molecule has 2 aliphatic rings. The second-order valence-electron chi connectivity index (χ2n) is 12.5. The number of halogens is 2. The smallest absolute Gasteiger partial charge is 0.329 e. The summed E-state index contributed by atoms with van der Waals surface area (Å²) in [6.07, 6.45) is 4.24. The molecule has 3 atom stereocenters. The van der Waals surface area contributed by atoms with Crippen molar-refractivity contribution in [3.8, 4) is 5.75 Å². The first-order chi connectivity index (χ1) is 22.2. The zero-order valence-electron chi connectivity index (χ0n) is 27.9. The first-order valence-corrected chi connectivity index (χ1v) is 16.7. The van der Waals surface area contributed by atoms with Gasteiger partial charge in [-0.3, -0.25) is 9.80 Å². The maximum absolute atomic E-state index is 11.2. The second kappa shape index (κ2) is 19.3. The van der Waals surface area contributed by atoms with Crippen LogP contribution in [0.2, 0.25) is 5.02 Å². The number of benzene rings is 3. The van der Waals surface area contributed by atoms with Crippen molar-refractivity contribution < 1.29 is 24.5 Å². The van der Waals surface area contributed by atoms with Gasteiger partial charge in [0.25, 0.3) is 0 Å². The van der Waals surface area contributed by atoms with Gasteiger partial charge in [-0.1, -0.05) is 79.0 Å². The van der Waals surface area contributed by atoms with E-state index in [1.165, 1.54) is 17.5 Å². The number of aliphatic carboxylic acids is 1. The summed E-state index contributed by atoms with van der Waals surface area (Å²) < 4.78 is 10.4. The maximum atomic E-state index is 11.2. The number of rotatable bonds is 12. The number of methoxy groups -OCH3 is 1. The van der Waals surface area contributed by atoms with E-state index in [0.29, 0.717) is 12.5 Å². The van der Waals surface area contributed by atoms with Crippen molar-refractivity contribution in [1.82, 2.24) is 14.7 Å². The van der Waals surface area contributed by atoms with Crippen molar-refractivity contribution in [2.45, 2.75) is 37.3 Å². The summed E-state index contributed by atoms with van der Waals surface area (Å²) in [5.41, 5.74) is 2.80. The Labute approximate surface area is 291 Å². The van der Waals surface area contributed by atoms with Crippen molar-refractivity contribution in [1.29, 1.82) is 0 Å². The fourth-order valence-electron chi connectivity index (χ4n) is 6.68. The molecule has 0 spiro atoms. The topological polar surface area (TPSA) is 85.7 Å². The third kappa shape index (κ3) is 11.5. The molecule has 5 rings (SSSR count). The average molecular weight is 689 g/mol. The molecule has 3 aromatic rings. The minimum Gasteiger partial charge on any atom is -0.497 e. The van der Waals surface area contributed by atoms with Crippen LogP contribution in [0.1, 0.15) is 48.4 Å². The number of carbonyl (C=O) groups is 1. The molecular formula is C37H51Cl2N3O5. The zero-order valence-corrected chi connectivity index (χ0v) is 29.5. The number of nitrogens with zero attached hydrogens (tertiary/aromatic N) is 3. The Morgan fingerprint density at radius 2 is 1.66 bits per heavy atom. The van der Waals surface area contributed by atoms with Gasteiger partial charge in [0.1, 0.15) is 12.4 Å². The fourth-order valence-corrected chi connectivity index (χ4v) is 6.80. The molecule has 1 heterocycles. The van der Waals surface area contributed by atoms with Gasteiger partial charge in [0.2, 0.25) is 0 Å². The van der Waals surface area contributed by atoms with Gasteiger partial charge in [-0.25, -0.2) is 4.79 Å². The van der Waals surface area contributed by atoms with Crippen LogP contribution < -0.4 is 4.74 Å². The largest absolute Gasteiger partial charge is 0.497 e. The molecule has 0 unspecified atom stereocenters. The maximum Gasteiger partial charge on any atom is 0.329 e. The third-order valence-corrected chi connectivity index (χ3v) is 9.29. The van der Waals surface area contributed by atoms with Gasteiger partial charge in [-0.15, -0.1) is 12.4 Å². The van der Waals surface area contributed by atoms with Crippen LogP contribution >= 0.6 is 24.0 Å². The lowest BCUT2D eigenvalue weighted by Crippen LogP contribution is -2.48. The molecule has 0 aromatic heterocycles. The number of aliphatic hydroxyl groups is 1. The van der Waals surface area contributed by atoms with Crippen LogP contribution in [0, 0.1) is 5.92 Å². The Kier molecular flexibility index (Phi) is 15.9. The lowest BCUT2D eigenvalue weighted by atomic mass is 9.71. The predicted molar refractivity (Wildman–Crippen MR) is 191 cm³/mol. The van der Waals surface area contributed by atoms with Gasteiger partial charge < -0.3 is 24.6 Å². The monoisotopic (exact) mass is 687 g/mol. The van der Waals surface area contributed by atoms with Gasteiger partial charge in [0.05, 0.1) is 25.4 Å². The second-order valence-corrected chi connectivity index (χ2v) is 13.0. The summed E-state index contributed by atoms with van der Waals surface area (Å²) in [5, 5.41) is 20.6. The first kappa shape index (κ1) is 38.8. The Morgan fingerprint density at radius 3 is 2.30 bits per heavy atom. The number of hydrogen-bond acceptors (Lipinski definition) is 7. The quantitative estimate of drug-likeness (QED) is 0.218. The van der Waals surface area contributed by atoms with Gasteiger partial charge in [-0.2, -0.15) is 0 Å². The van der Waals surface area contributed by atoms with Gasteiger partial charge in [-0.05, 0) is 67.9 Å². The van der Waals surface area contributed by atoms with Crippen LogP contribution in [0.3, 0.4) is 0 Å². The summed E-state index contributed by atoms with van der Waals surface area (Å²) in [5.74, 6) is 0.192. The number of piperazine rings is 1. The van der Waals surface area contributed by atoms with E-state index >= 15 is 0 Å². The molecule has 8 nitrogen and oxygen atoms in total. The number of hydrogen-bond donors (Lipinski definition) is 2. The SMILES string of the molecule is COc1cccc([C@@]2(O)CCCC[C@@H]2CN(C)C)c1.Cl.O=C(O)COCCN1CCN([C@H](c2ccccc2)c2ccc(Cl)cc2)CC1. The highest BCUT2D eigenvalue weighted by atomic mass is 35.5. The van der Waals surface area contributed by atoms with Crippen LogP contribution in [-0.4, -0.2) is 105 Å². The van der Waals surface area contributed by atoms with E-state index in [1.54, 1.807) is 7.11 Å². The highest BCUT2D eigenvalue weighted by Gasteiger charge is 2.40. The molecule has 1 saturated carbocycles. The van der Waals surface area contributed by atoms with Crippen LogP contribution in [0.25, 0.3) is 0 Å². The van der Waals surface area contributed by atoms with Crippen molar-refractivity contribution in [2.24, 2.45) is 5.92 Å². The Hall–Kier alpha value is -2.69. The third-order valence-electron chi connectivity index (χ3n) is 9.04. The average Bonchev–Trinajstić information content (AvgIpc) is 3.06. The Balaban J connectivity index is 0.000000265. The molecule has 0 amide bonds. The number of ether oxygens (including phenoxy) is 2. The van der Waals surface area contributed by atoms with E-state index in [0.717, 1.165) is 74.9 Å². The first-order valence-electron chi connectivity index (χ1n) is 16.3. The van der Waals surface area contributed by atoms with Gasteiger partial charge >= 0.3 is 5.97 Å². The van der Waals surface area contributed by atoms with Crippen LogP contribution in [-0.2, 0) is 15.1 Å². The molecule has 3 aromatic carbocycles. The van der Waals surface area contributed by atoms with Crippen LogP contribution in [0.15, 0.2) is 78.9 Å². The van der Waals surface area contributed by atoms with Crippen LogP contribution in [0.4, 0.5) is 0 Å². The molecule has 1 aliphatic heterocycles. The van der Waals surface area contributed by atoms with E-state index in [2.05, 4.69) is 65.2 Å². The molecule has 10 heteroatoms. The minimum atomic E-state index is -0.923. The Morgan fingerprint density at radius 1 is 0.979 bits per heavy atom. The molecule has 258 valence electrons. The van der Waals surface area contributed by atoms with Crippen molar-refractivity contribution in [2.75, 3.05) is 73.7 Å². The van der Waals surface area contributed by atoms with Gasteiger partial charge in [0.15, 0.2) is 0 Å².